The van der Waals surface area contributed by atoms with E-state index in [1.807, 2.05) is 19.2 Å². The molecule has 1 fully saturated rings. The van der Waals surface area contributed by atoms with Crippen LogP contribution in [0, 0.1) is 0 Å². The average molecular weight is 382 g/mol. The van der Waals surface area contributed by atoms with E-state index in [2.05, 4.69) is 25.3 Å². The maximum atomic E-state index is 5.99. The molecule has 4 rings (SSSR count). The highest BCUT2D eigenvalue weighted by Crippen LogP contribution is 2.31. The molecule has 0 aliphatic carbocycles. The van der Waals surface area contributed by atoms with Crippen molar-refractivity contribution in [2.45, 2.75) is 19.3 Å². The monoisotopic (exact) mass is 382 g/mol. The molecular formula is C20H26N6O2. The maximum absolute atomic E-state index is 5.99. The van der Waals surface area contributed by atoms with Crippen molar-refractivity contribution in [2.24, 2.45) is 7.05 Å². The van der Waals surface area contributed by atoms with Gasteiger partial charge in [0.1, 0.15) is 5.82 Å². The normalized spacial score (nSPS) is 14.5. The first-order valence-electron chi connectivity index (χ1n) is 9.67. The lowest BCUT2D eigenvalue weighted by Gasteiger charge is -2.15. The molecule has 0 spiro atoms. The molecule has 4 heterocycles. The van der Waals surface area contributed by atoms with Crippen LogP contribution in [0.5, 0.6) is 11.5 Å². The predicted molar refractivity (Wildman–Crippen MR) is 108 cm³/mol. The van der Waals surface area contributed by atoms with Gasteiger partial charge in [-0.1, -0.05) is 0 Å². The third kappa shape index (κ3) is 4.01. The molecule has 0 unspecified atom stereocenters. The number of likely N-dealkylation sites (tertiary alicyclic amines) is 1. The number of ether oxygens (including phenoxy) is 2. The standard InChI is InChI=1S/C20H26N6O2/c1-25-16-13-21-7-6-15(16)20(24-25)23-19-12-17(18(27-2)14-22-19)28-11-5-10-26-8-3-4-9-26/h6-7,12-14H,3-5,8-11H2,1-2H3,(H,22,23,24). The first-order chi connectivity index (χ1) is 13.7. The highest BCUT2D eigenvalue weighted by molar-refractivity contribution is 5.91. The van der Waals surface area contributed by atoms with E-state index >= 15 is 0 Å². The van der Waals surface area contributed by atoms with E-state index in [9.17, 15) is 0 Å². The minimum absolute atomic E-state index is 0.627. The summed E-state index contributed by atoms with van der Waals surface area (Å²) in [7, 11) is 3.52. The number of aryl methyl sites for hydroxylation is 1. The second-order valence-electron chi connectivity index (χ2n) is 6.96. The number of aromatic nitrogens is 4. The minimum Gasteiger partial charge on any atom is -0.491 e. The van der Waals surface area contributed by atoms with Gasteiger partial charge < -0.3 is 19.7 Å². The molecule has 0 atom stereocenters. The molecule has 0 aromatic carbocycles. The summed E-state index contributed by atoms with van der Waals surface area (Å²) < 4.78 is 13.2. The number of fused-ring (bicyclic) bond motifs is 1. The Bertz CT molecular complexity index is 936. The van der Waals surface area contributed by atoms with E-state index in [1.54, 1.807) is 30.4 Å². The molecule has 1 aliphatic rings. The fourth-order valence-corrected chi connectivity index (χ4v) is 3.55. The molecule has 3 aromatic heterocycles. The van der Waals surface area contributed by atoms with E-state index in [-0.39, 0.29) is 0 Å². The number of nitrogens with one attached hydrogen (secondary N) is 1. The number of pyridine rings is 2. The summed E-state index contributed by atoms with van der Waals surface area (Å²) in [5.41, 5.74) is 0.955. The predicted octanol–water partition coefficient (Wildman–Crippen LogP) is 2.98. The molecule has 0 amide bonds. The van der Waals surface area contributed by atoms with Crippen molar-refractivity contribution in [3.05, 3.63) is 30.7 Å². The third-order valence-corrected chi connectivity index (χ3v) is 5.03. The second kappa shape index (κ2) is 8.43. The Morgan fingerprint density at radius 1 is 1.18 bits per heavy atom. The van der Waals surface area contributed by atoms with E-state index in [0.717, 1.165) is 29.7 Å². The van der Waals surface area contributed by atoms with Crippen molar-refractivity contribution in [1.82, 2.24) is 24.6 Å². The largest absolute Gasteiger partial charge is 0.491 e. The zero-order chi connectivity index (χ0) is 19.3. The molecule has 0 saturated carbocycles. The number of anilines is 2. The van der Waals surface area contributed by atoms with Crippen LogP contribution in [-0.2, 0) is 7.05 Å². The molecule has 0 radical (unpaired) electrons. The molecule has 8 nitrogen and oxygen atoms in total. The van der Waals surface area contributed by atoms with Gasteiger partial charge in [0.2, 0.25) is 0 Å². The molecule has 8 heteroatoms. The van der Waals surface area contributed by atoms with Crippen molar-refractivity contribution in [1.29, 1.82) is 0 Å². The summed E-state index contributed by atoms with van der Waals surface area (Å²) in [5.74, 6) is 2.70. The second-order valence-corrected chi connectivity index (χ2v) is 6.96. The Morgan fingerprint density at radius 3 is 2.86 bits per heavy atom. The van der Waals surface area contributed by atoms with Crippen LogP contribution in [0.1, 0.15) is 19.3 Å². The van der Waals surface area contributed by atoms with Gasteiger partial charge in [0.25, 0.3) is 0 Å². The van der Waals surface area contributed by atoms with Crippen LogP contribution < -0.4 is 14.8 Å². The van der Waals surface area contributed by atoms with E-state index in [0.29, 0.717) is 23.9 Å². The minimum atomic E-state index is 0.627. The quantitative estimate of drug-likeness (QED) is 0.600. The Morgan fingerprint density at radius 2 is 2.04 bits per heavy atom. The van der Waals surface area contributed by atoms with Crippen molar-refractivity contribution in [3.8, 4) is 11.5 Å². The van der Waals surface area contributed by atoms with E-state index in [4.69, 9.17) is 9.47 Å². The molecule has 1 saturated heterocycles. The fraction of sp³-hybridized carbons (Fsp3) is 0.450. The molecule has 28 heavy (non-hydrogen) atoms. The Balaban J connectivity index is 1.44. The highest BCUT2D eigenvalue weighted by Gasteiger charge is 2.13. The SMILES string of the molecule is COc1cnc(Nc2nn(C)c3cnccc23)cc1OCCCN1CCCC1. The van der Waals surface area contributed by atoms with Gasteiger partial charge in [-0.2, -0.15) is 5.10 Å². The molecule has 1 N–H and O–H groups in total. The van der Waals surface area contributed by atoms with Gasteiger partial charge in [-0.25, -0.2) is 4.98 Å². The molecule has 1 aliphatic heterocycles. The number of hydrogen-bond donors (Lipinski definition) is 1. The lowest BCUT2D eigenvalue weighted by atomic mass is 10.3. The van der Waals surface area contributed by atoms with Gasteiger partial charge in [-0.3, -0.25) is 9.67 Å². The van der Waals surface area contributed by atoms with Crippen LogP contribution in [0.25, 0.3) is 10.9 Å². The number of hydrogen-bond acceptors (Lipinski definition) is 7. The van der Waals surface area contributed by atoms with Crippen LogP contribution in [0.15, 0.2) is 30.7 Å². The van der Waals surface area contributed by atoms with Crippen LogP contribution >= 0.6 is 0 Å². The lowest BCUT2D eigenvalue weighted by molar-refractivity contribution is 0.254. The van der Waals surface area contributed by atoms with Gasteiger partial charge >= 0.3 is 0 Å². The number of nitrogens with zero attached hydrogens (tertiary/aromatic N) is 5. The van der Waals surface area contributed by atoms with Crippen molar-refractivity contribution in [2.75, 3.05) is 38.7 Å². The number of methoxy groups -OCH3 is 1. The zero-order valence-electron chi connectivity index (χ0n) is 16.4. The van der Waals surface area contributed by atoms with Gasteiger partial charge in [0, 0.05) is 31.2 Å². The van der Waals surface area contributed by atoms with Crippen molar-refractivity contribution >= 4 is 22.5 Å². The molecule has 3 aromatic rings. The number of rotatable bonds is 8. The summed E-state index contributed by atoms with van der Waals surface area (Å²) in [6, 6.07) is 3.79. The Hall–Kier alpha value is -2.87. The summed E-state index contributed by atoms with van der Waals surface area (Å²) in [5, 5.41) is 8.79. The smallest absolute Gasteiger partial charge is 0.179 e. The van der Waals surface area contributed by atoms with Gasteiger partial charge in [-0.15, -0.1) is 0 Å². The first-order valence-corrected chi connectivity index (χ1v) is 9.67. The van der Waals surface area contributed by atoms with Crippen LogP contribution in [0.4, 0.5) is 11.6 Å². The molecule has 0 bridgehead atoms. The fourth-order valence-electron chi connectivity index (χ4n) is 3.55. The maximum Gasteiger partial charge on any atom is 0.179 e. The van der Waals surface area contributed by atoms with Gasteiger partial charge in [-0.05, 0) is 38.4 Å². The Labute approximate surface area is 164 Å². The summed E-state index contributed by atoms with van der Waals surface area (Å²) >= 11 is 0. The summed E-state index contributed by atoms with van der Waals surface area (Å²) in [6.45, 7) is 4.14. The van der Waals surface area contributed by atoms with Gasteiger partial charge in [0.05, 0.1) is 31.6 Å². The van der Waals surface area contributed by atoms with E-state index in [1.165, 1.54) is 25.9 Å². The van der Waals surface area contributed by atoms with Crippen LogP contribution in [0.3, 0.4) is 0 Å². The zero-order valence-corrected chi connectivity index (χ0v) is 16.4. The van der Waals surface area contributed by atoms with Crippen LogP contribution in [0.2, 0.25) is 0 Å². The average Bonchev–Trinajstić information content (AvgIpc) is 3.34. The Kier molecular flexibility index (Phi) is 5.57. The topological polar surface area (TPSA) is 77.3 Å². The van der Waals surface area contributed by atoms with E-state index < -0.39 is 0 Å². The van der Waals surface area contributed by atoms with Crippen molar-refractivity contribution < 1.29 is 9.47 Å². The lowest BCUT2D eigenvalue weighted by Crippen LogP contribution is -2.21. The molecular weight excluding hydrogens is 356 g/mol. The summed E-state index contributed by atoms with van der Waals surface area (Å²) in [6.07, 6.45) is 8.84. The first kappa shape index (κ1) is 18.5. The highest BCUT2D eigenvalue weighted by atomic mass is 16.5. The van der Waals surface area contributed by atoms with Crippen LogP contribution in [-0.4, -0.2) is 58.0 Å². The summed E-state index contributed by atoms with van der Waals surface area (Å²) in [4.78, 5) is 11.1. The van der Waals surface area contributed by atoms with Crippen molar-refractivity contribution in [3.63, 3.8) is 0 Å². The molecule has 148 valence electrons. The third-order valence-electron chi connectivity index (χ3n) is 5.03. The van der Waals surface area contributed by atoms with Gasteiger partial charge in [0.15, 0.2) is 17.3 Å².